The van der Waals surface area contributed by atoms with E-state index in [-0.39, 0.29) is 23.1 Å². The monoisotopic (exact) mass is 320 g/mol. The van der Waals surface area contributed by atoms with E-state index in [1.54, 1.807) is 6.07 Å². The highest BCUT2D eigenvalue weighted by Gasteiger charge is 2.21. The minimum atomic E-state index is -0.535. The van der Waals surface area contributed by atoms with Crippen molar-refractivity contribution in [1.82, 2.24) is 0 Å². The van der Waals surface area contributed by atoms with Gasteiger partial charge in [-0.15, -0.1) is 0 Å². The van der Waals surface area contributed by atoms with Crippen LogP contribution in [-0.2, 0) is 0 Å². The van der Waals surface area contributed by atoms with E-state index in [0.717, 1.165) is 0 Å². The van der Waals surface area contributed by atoms with Gasteiger partial charge in [-0.25, -0.2) is 0 Å². The molecule has 0 saturated heterocycles. The summed E-state index contributed by atoms with van der Waals surface area (Å²) < 4.78 is 10.4. The number of hydrogen-bond donors (Lipinski definition) is 1. The van der Waals surface area contributed by atoms with Crippen LogP contribution in [0.5, 0.6) is 11.5 Å². The summed E-state index contributed by atoms with van der Waals surface area (Å²) in [6.45, 7) is 0.0466. The fourth-order valence-electron chi connectivity index (χ4n) is 2.00. The van der Waals surface area contributed by atoms with Crippen molar-refractivity contribution in [2.75, 3.05) is 12.1 Å². The number of ether oxygens (including phenoxy) is 2. The van der Waals surface area contributed by atoms with Gasteiger partial charge in [0.15, 0.2) is 11.5 Å². The van der Waals surface area contributed by atoms with Gasteiger partial charge in [-0.1, -0.05) is 17.7 Å². The molecule has 0 fully saturated rings. The van der Waals surface area contributed by atoms with Crippen LogP contribution in [0.4, 0.5) is 11.4 Å². The number of non-ortho nitro benzene ring substituents is 1. The van der Waals surface area contributed by atoms with Crippen LogP contribution in [0.1, 0.15) is 10.4 Å². The molecule has 0 unspecified atom stereocenters. The number of nitro groups is 1. The van der Waals surface area contributed by atoms with Crippen LogP contribution in [0.2, 0.25) is 5.02 Å². The first-order chi connectivity index (χ1) is 10.5. The van der Waals surface area contributed by atoms with E-state index >= 15 is 0 Å². The first-order valence-electron chi connectivity index (χ1n) is 6.19. The summed E-state index contributed by atoms with van der Waals surface area (Å²) in [6, 6.07) is 8.60. The largest absolute Gasteiger partial charge is 0.454 e. The van der Waals surface area contributed by atoms with Gasteiger partial charge in [-0.3, -0.25) is 14.9 Å². The molecule has 0 spiro atoms. The highest BCUT2D eigenvalue weighted by Crippen LogP contribution is 2.39. The Bertz CT molecular complexity index is 778. The third-order valence-electron chi connectivity index (χ3n) is 3.00. The zero-order chi connectivity index (χ0) is 15.7. The number of rotatable bonds is 3. The number of nitro benzene ring substituents is 1. The first kappa shape index (κ1) is 14.2. The number of hydrogen-bond acceptors (Lipinski definition) is 5. The fraction of sp³-hybridized carbons (Fsp3) is 0.0714. The molecule has 1 amide bonds. The molecule has 1 aliphatic heterocycles. The van der Waals surface area contributed by atoms with E-state index in [2.05, 4.69) is 5.32 Å². The summed E-state index contributed by atoms with van der Waals surface area (Å²) in [6.07, 6.45) is 0. The number of carbonyl (C=O) groups is 1. The molecule has 0 aromatic heterocycles. The van der Waals surface area contributed by atoms with Gasteiger partial charge in [0.25, 0.3) is 11.6 Å². The van der Waals surface area contributed by atoms with E-state index < -0.39 is 10.8 Å². The zero-order valence-electron chi connectivity index (χ0n) is 11.0. The number of carbonyl (C=O) groups excluding carboxylic acids is 1. The van der Waals surface area contributed by atoms with Crippen molar-refractivity contribution in [3.63, 3.8) is 0 Å². The highest BCUT2D eigenvalue weighted by molar-refractivity contribution is 6.32. The predicted octanol–water partition coefficient (Wildman–Crippen LogP) is 3.23. The van der Waals surface area contributed by atoms with Gasteiger partial charge in [0.05, 0.1) is 9.95 Å². The van der Waals surface area contributed by atoms with Crippen LogP contribution < -0.4 is 14.8 Å². The molecule has 112 valence electrons. The van der Waals surface area contributed by atoms with Crippen LogP contribution in [0.3, 0.4) is 0 Å². The Morgan fingerprint density at radius 2 is 2.09 bits per heavy atom. The zero-order valence-corrected chi connectivity index (χ0v) is 11.8. The van der Waals surface area contributed by atoms with E-state index in [4.69, 9.17) is 21.1 Å². The highest BCUT2D eigenvalue weighted by atomic mass is 35.5. The van der Waals surface area contributed by atoms with E-state index in [9.17, 15) is 14.9 Å². The van der Waals surface area contributed by atoms with Crippen molar-refractivity contribution in [2.45, 2.75) is 0 Å². The molecular weight excluding hydrogens is 312 g/mol. The third kappa shape index (κ3) is 2.66. The number of fused-ring (bicyclic) bond motifs is 1. The molecule has 22 heavy (non-hydrogen) atoms. The van der Waals surface area contributed by atoms with E-state index in [0.29, 0.717) is 17.2 Å². The Balaban J connectivity index is 1.85. The topological polar surface area (TPSA) is 90.7 Å². The summed E-state index contributed by atoms with van der Waals surface area (Å²) in [5, 5.41) is 13.6. The van der Waals surface area contributed by atoms with Crippen LogP contribution in [0, 0.1) is 10.1 Å². The molecular formula is C14H9ClN2O5. The van der Waals surface area contributed by atoms with Crippen LogP contribution >= 0.6 is 11.6 Å². The number of nitrogens with one attached hydrogen (secondary N) is 1. The van der Waals surface area contributed by atoms with Crippen LogP contribution in [0.15, 0.2) is 36.4 Å². The number of anilines is 1. The Hall–Kier alpha value is -2.80. The van der Waals surface area contributed by atoms with Gasteiger partial charge >= 0.3 is 0 Å². The molecule has 0 bridgehead atoms. The Morgan fingerprint density at radius 1 is 1.27 bits per heavy atom. The lowest BCUT2D eigenvalue weighted by molar-refractivity contribution is -0.384. The first-order valence-corrected chi connectivity index (χ1v) is 6.57. The minimum absolute atomic E-state index is 0.0466. The smallest absolute Gasteiger partial charge is 0.271 e. The lowest BCUT2D eigenvalue weighted by Gasteiger charge is -2.07. The van der Waals surface area contributed by atoms with Crippen molar-refractivity contribution in [3.8, 4) is 11.5 Å². The van der Waals surface area contributed by atoms with Crippen molar-refractivity contribution < 1.29 is 19.2 Å². The number of amides is 1. The number of benzene rings is 2. The molecule has 0 radical (unpaired) electrons. The summed E-state index contributed by atoms with van der Waals surface area (Å²) in [7, 11) is 0. The van der Waals surface area contributed by atoms with Gasteiger partial charge in [-0.05, 0) is 18.2 Å². The Kier molecular flexibility index (Phi) is 3.56. The van der Waals surface area contributed by atoms with Gasteiger partial charge in [0.1, 0.15) is 0 Å². The van der Waals surface area contributed by atoms with Crippen molar-refractivity contribution in [3.05, 3.63) is 57.1 Å². The molecule has 0 atom stereocenters. The standard InChI is InChI=1S/C14H9ClN2O5/c15-11-4-8(5-12-13(11)22-7-21-12)14(18)16-9-2-1-3-10(6-9)17(19)20/h1-6H,7H2,(H,16,18). The average molecular weight is 321 g/mol. The molecule has 1 N–H and O–H groups in total. The molecule has 2 aromatic carbocycles. The maximum atomic E-state index is 12.2. The van der Waals surface area contributed by atoms with Crippen molar-refractivity contribution in [2.24, 2.45) is 0 Å². The van der Waals surface area contributed by atoms with E-state index in [1.165, 1.54) is 30.3 Å². The number of nitrogens with zero attached hydrogens (tertiary/aromatic N) is 1. The third-order valence-corrected chi connectivity index (χ3v) is 3.29. The minimum Gasteiger partial charge on any atom is -0.454 e. The summed E-state index contributed by atoms with van der Waals surface area (Å²) in [5.41, 5.74) is 0.468. The SMILES string of the molecule is O=C(Nc1cccc([N+](=O)[O-])c1)c1cc(Cl)c2c(c1)OCO2. The molecule has 1 aliphatic rings. The number of halogens is 1. The molecule has 3 rings (SSSR count). The normalized spacial score (nSPS) is 12.0. The lowest BCUT2D eigenvalue weighted by Crippen LogP contribution is -2.12. The molecule has 7 nitrogen and oxygen atoms in total. The lowest BCUT2D eigenvalue weighted by atomic mass is 10.1. The van der Waals surface area contributed by atoms with Crippen molar-refractivity contribution >= 4 is 28.9 Å². The quantitative estimate of drug-likeness (QED) is 0.692. The van der Waals surface area contributed by atoms with Gasteiger partial charge in [-0.2, -0.15) is 0 Å². The second-order valence-corrected chi connectivity index (χ2v) is 4.86. The molecule has 1 heterocycles. The Labute approximate surface area is 129 Å². The van der Waals surface area contributed by atoms with Crippen molar-refractivity contribution in [1.29, 1.82) is 0 Å². The van der Waals surface area contributed by atoms with Gasteiger partial charge < -0.3 is 14.8 Å². The van der Waals surface area contributed by atoms with Gasteiger partial charge in [0.2, 0.25) is 6.79 Å². The second-order valence-electron chi connectivity index (χ2n) is 4.45. The average Bonchev–Trinajstić information content (AvgIpc) is 2.96. The maximum Gasteiger partial charge on any atom is 0.271 e. The maximum absolute atomic E-state index is 12.2. The summed E-state index contributed by atoms with van der Waals surface area (Å²) in [5.74, 6) is 0.325. The van der Waals surface area contributed by atoms with Crippen LogP contribution in [-0.4, -0.2) is 17.6 Å². The second kappa shape index (κ2) is 5.53. The molecule has 8 heteroatoms. The van der Waals surface area contributed by atoms with E-state index in [1.807, 2.05) is 0 Å². The summed E-state index contributed by atoms with van der Waals surface area (Å²) >= 11 is 6.01. The predicted molar refractivity (Wildman–Crippen MR) is 78.6 cm³/mol. The summed E-state index contributed by atoms with van der Waals surface area (Å²) in [4.78, 5) is 22.4. The molecule has 0 aliphatic carbocycles. The van der Waals surface area contributed by atoms with Crippen LogP contribution in [0.25, 0.3) is 0 Å². The molecule has 0 saturated carbocycles. The fourth-order valence-corrected chi connectivity index (χ4v) is 2.26. The van der Waals surface area contributed by atoms with Gasteiger partial charge in [0, 0.05) is 23.4 Å². The Morgan fingerprint density at radius 3 is 2.86 bits per heavy atom. The molecule has 2 aromatic rings.